The lowest BCUT2D eigenvalue weighted by atomic mass is 9.82. The van der Waals surface area contributed by atoms with E-state index in [2.05, 4.69) is 45.4 Å². The normalized spacial score (nSPS) is 12.8. The Morgan fingerprint density at radius 3 is 2.29 bits per heavy atom. The number of hydrogen-bond donors (Lipinski definition) is 1. The van der Waals surface area contributed by atoms with Gasteiger partial charge in [0.25, 0.3) is 0 Å². The van der Waals surface area contributed by atoms with Crippen LogP contribution in [0.4, 0.5) is 0 Å². The molecule has 2 heterocycles. The maximum Gasteiger partial charge on any atom is 0.309 e. The van der Waals surface area contributed by atoms with Gasteiger partial charge >= 0.3 is 7.48 Å². The first kappa shape index (κ1) is 19.9. The van der Waals surface area contributed by atoms with Gasteiger partial charge < -0.3 is 9.76 Å². The number of nitrogens with zero attached hydrogens (tertiary/aromatic N) is 3. The molecule has 5 nitrogen and oxygen atoms in total. The molecule has 0 aliphatic rings. The third-order valence-electron chi connectivity index (χ3n) is 6.35. The molecule has 31 heavy (non-hydrogen) atoms. The molecule has 0 amide bonds. The molecular weight excluding hydrogens is 385 g/mol. The van der Waals surface area contributed by atoms with Crippen molar-refractivity contribution in [1.82, 2.24) is 14.0 Å². The van der Waals surface area contributed by atoms with Crippen molar-refractivity contribution >= 4 is 40.8 Å². The second kappa shape index (κ2) is 6.97. The number of aliphatic hydroxyl groups is 1. The highest BCUT2D eigenvalue weighted by Crippen LogP contribution is 2.29. The van der Waals surface area contributed by atoms with Crippen molar-refractivity contribution in [1.29, 1.82) is 0 Å². The molecule has 156 valence electrons. The molecule has 0 saturated carbocycles. The highest BCUT2D eigenvalue weighted by Gasteiger charge is 2.35. The predicted octanol–water partition coefficient (Wildman–Crippen LogP) is 3.97. The number of rotatable bonds is 5. The Balaban J connectivity index is 1.70. The van der Waals surface area contributed by atoms with Gasteiger partial charge in [-0.2, -0.15) is 0 Å². The van der Waals surface area contributed by atoms with Crippen molar-refractivity contribution in [2.75, 3.05) is 0 Å². The second-order valence-electron chi connectivity index (χ2n) is 9.09. The minimum atomic E-state index is -0.943. The van der Waals surface area contributed by atoms with Crippen molar-refractivity contribution in [2.45, 2.75) is 38.9 Å². The van der Waals surface area contributed by atoms with E-state index in [4.69, 9.17) is 9.64 Å². The smallest absolute Gasteiger partial charge is 0.309 e. The molecule has 0 spiro atoms. The van der Waals surface area contributed by atoms with Gasteiger partial charge in [-0.1, -0.05) is 41.9 Å². The summed E-state index contributed by atoms with van der Waals surface area (Å²) >= 11 is 0. The summed E-state index contributed by atoms with van der Waals surface area (Å²) in [4.78, 5) is 4.94. The monoisotopic (exact) mass is 411 g/mol. The van der Waals surface area contributed by atoms with Crippen LogP contribution in [0.3, 0.4) is 0 Å². The predicted molar refractivity (Wildman–Crippen MR) is 128 cm³/mol. The third-order valence-corrected chi connectivity index (χ3v) is 6.35. The lowest BCUT2D eigenvalue weighted by Gasteiger charge is -2.37. The summed E-state index contributed by atoms with van der Waals surface area (Å²) in [5, 5.41) is 10.4. The lowest BCUT2D eigenvalue weighted by molar-refractivity contribution is -0.0893. The van der Waals surface area contributed by atoms with Crippen LogP contribution < -0.4 is 5.46 Å². The Labute approximate surface area is 182 Å². The number of fused-ring (bicyclic) bond motifs is 5. The number of hydrogen-bond acceptors (Lipinski definition) is 3. The van der Waals surface area contributed by atoms with Gasteiger partial charge in [-0.05, 0) is 64.1 Å². The second-order valence-corrected chi connectivity index (χ2v) is 9.09. The third kappa shape index (κ3) is 3.23. The summed E-state index contributed by atoms with van der Waals surface area (Å²) in [7, 11) is 0.414. The van der Waals surface area contributed by atoms with Gasteiger partial charge in [-0.25, -0.2) is 4.98 Å². The Bertz CT molecular complexity index is 1390. The van der Waals surface area contributed by atoms with E-state index < -0.39 is 11.2 Å². The van der Waals surface area contributed by atoms with Crippen molar-refractivity contribution < 1.29 is 9.76 Å². The molecule has 6 heteroatoms. The molecule has 0 fully saturated rings. The van der Waals surface area contributed by atoms with E-state index in [1.54, 1.807) is 13.8 Å². The molecule has 0 saturated heterocycles. The molecule has 5 aromatic rings. The largest absolute Gasteiger partial charge is 0.427 e. The Hall–Kier alpha value is -3.09. The van der Waals surface area contributed by atoms with Crippen LogP contribution in [0.15, 0.2) is 72.8 Å². The fourth-order valence-corrected chi connectivity index (χ4v) is 3.81. The zero-order valence-corrected chi connectivity index (χ0v) is 18.3. The van der Waals surface area contributed by atoms with Crippen LogP contribution in [-0.4, -0.2) is 37.7 Å². The van der Waals surface area contributed by atoms with Gasteiger partial charge in [-0.3, -0.25) is 8.97 Å². The standard InChI is InChI=1S/C25H26BN3O2/c1-24(2,30)25(3,4)31-26-17-14-15-21-22(16-17)29-20-13-9-8-12-19(20)27-23(29)28(21)18-10-6-5-7-11-18/h5-16,26,30H,1-4H3. The highest BCUT2D eigenvalue weighted by molar-refractivity contribution is 6.47. The van der Waals surface area contributed by atoms with Crippen LogP contribution >= 0.6 is 0 Å². The Morgan fingerprint density at radius 1 is 0.839 bits per heavy atom. The van der Waals surface area contributed by atoms with Gasteiger partial charge in [0.2, 0.25) is 5.78 Å². The molecule has 2 aromatic heterocycles. The molecule has 0 unspecified atom stereocenters. The molecule has 0 bridgehead atoms. The van der Waals surface area contributed by atoms with E-state index in [9.17, 15) is 5.11 Å². The van der Waals surface area contributed by atoms with Crippen molar-refractivity contribution in [3.63, 3.8) is 0 Å². The van der Waals surface area contributed by atoms with E-state index in [1.807, 2.05) is 50.2 Å². The van der Waals surface area contributed by atoms with Crippen molar-refractivity contribution in [2.24, 2.45) is 0 Å². The molecule has 0 aliphatic heterocycles. The quantitative estimate of drug-likeness (QED) is 0.446. The van der Waals surface area contributed by atoms with Crippen LogP contribution in [0.1, 0.15) is 27.7 Å². The molecule has 0 atom stereocenters. The fourth-order valence-electron chi connectivity index (χ4n) is 3.81. The topological polar surface area (TPSA) is 51.7 Å². The number of benzene rings is 3. The maximum atomic E-state index is 10.4. The van der Waals surface area contributed by atoms with Gasteiger partial charge in [-0.15, -0.1) is 0 Å². The molecular formula is C25H26BN3O2. The van der Waals surface area contributed by atoms with E-state index in [-0.39, 0.29) is 0 Å². The van der Waals surface area contributed by atoms with E-state index in [0.29, 0.717) is 7.48 Å². The van der Waals surface area contributed by atoms with Crippen molar-refractivity contribution in [3.8, 4) is 5.69 Å². The summed E-state index contributed by atoms with van der Waals surface area (Å²) in [6, 6.07) is 24.9. The first-order valence-electron chi connectivity index (χ1n) is 10.6. The molecule has 0 radical (unpaired) electrons. The van der Waals surface area contributed by atoms with Crippen LogP contribution in [0.25, 0.3) is 33.5 Å². The zero-order chi connectivity index (χ0) is 21.8. The molecule has 0 aliphatic carbocycles. The molecule has 3 aromatic carbocycles. The Kier molecular flexibility index (Phi) is 4.47. The number of aromatic nitrogens is 3. The van der Waals surface area contributed by atoms with Gasteiger partial charge in [0.05, 0.1) is 33.3 Å². The minimum Gasteiger partial charge on any atom is -0.427 e. The highest BCUT2D eigenvalue weighted by atomic mass is 16.5. The summed E-state index contributed by atoms with van der Waals surface area (Å²) in [5.74, 6) is 0.886. The summed E-state index contributed by atoms with van der Waals surface area (Å²) < 4.78 is 10.5. The van der Waals surface area contributed by atoms with E-state index in [1.165, 1.54) is 0 Å². The zero-order valence-electron chi connectivity index (χ0n) is 18.3. The fraction of sp³-hybridized carbons (Fsp3) is 0.240. The van der Waals surface area contributed by atoms with Crippen LogP contribution in [0, 0.1) is 0 Å². The molecule has 1 N–H and O–H groups in total. The summed E-state index contributed by atoms with van der Waals surface area (Å²) in [6.07, 6.45) is 0. The average molecular weight is 411 g/mol. The summed E-state index contributed by atoms with van der Waals surface area (Å²) in [6.45, 7) is 7.38. The van der Waals surface area contributed by atoms with Gasteiger partial charge in [0.1, 0.15) is 0 Å². The van der Waals surface area contributed by atoms with E-state index >= 15 is 0 Å². The minimum absolute atomic E-state index is 0.414. The first-order chi connectivity index (χ1) is 14.8. The van der Waals surface area contributed by atoms with E-state index in [0.717, 1.165) is 39.0 Å². The number of para-hydroxylation sites is 3. The van der Waals surface area contributed by atoms with Crippen LogP contribution in [0.5, 0.6) is 0 Å². The van der Waals surface area contributed by atoms with Crippen LogP contribution in [0.2, 0.25) is 0 Å². The number of imidazole rings is 2. The average Bonchev–Trinajstić information content (AvgIpc) is 3.26. The Morgan fingerprint density at radius 2 is 1.55 bits per heavy atom. The lowest BCUT2D eigenvalue weighted by Crippen LogP contribution is -2.49. The first-order valence-corrected chi connectivity index (χ1v) is 10.6. The SMILES string of the molecule is CC(C)(O)C(C)(C)OBc1ccc2c(c1)n1c3ccccc3nc1n2-c1ccccc1. The maximum absolute atomic E-state index is 10.4. The molecule has 5 rings (SSSR count). The summed E-state index contributed by atoms with van der Waals surface area (Å²) in [5.41, 5.74) is 4.72. The van der Waals surface area contributed by atoms with Crippen LogP contribution in [-0.2, 0) is 4.65 Å². The van der Waals surface area contributed by atoms with Gasteiger partial charge in [0.15, 0.2) is 0 Å². The van der Waals surface area contributed by atoms with Gasteiger partial charge in [0, 0.05) is 5.69 Å². The van der Waals surface area contributed by atoms with Crippen molar-refractivity contribution in [3.05, 3.63) is 72.8 Å².